The van der Waals surface area contributed by atoms with Gasteiger partial charge in [-0.1, -0.05) is 19.4 Å². The number of unbranched alkanes of at least 4 members (excludes halogenated alkanes) is 1. The zero-order valence-electron chi connectivity index (χ0n) is 11.9. The molecule has 0 radical (unpaired) electrons. The maximum atomic E-state index is 13.1. The van der Waals surface area contributed by atoms with Crippen LogP contribution in [0.2, 0.25) is 0 Å². The minimum Gasteiger partial charge on any atom is -0.345 e. The third kappa shape index (κ3) is 3.53. The predicted molar refractivity (Wildman–Crippen MR) is 78.0 cm³/mol. The average molecular weight is 274 g/mol. The highest BCUT2D eigenvalue weighted by atomic mass is 19.1. The second kappa shape index (κ2) is 6.46. The van der Waals surface area contributed by atoms with Gasteiger partial charge in [-0.3, -0.25) is 9.78 Å². The molecule has 1 aromatic carbocycles. The van der Waals surface area contributed by atoms with Crippen molar-refractivity contribution in [3.8, 4) is 0 Å². The summed E-state index contributed by atoms with van der Waals surface area (Å²) in [6.07, 6.45) is 2.36. The fourth-order valence-electron chi connectivity index (χ4n) is 2.05. The lowest BCUT2D eigenvalue weighted by molar-refractivity contribution is -0.129. The van der Waals surface area contributed by atoms with E-state index in [0.29, 0.717) is 5.52 Å². The Hall–Kier alpha value is -1.97. The first-order valence-electron chi connectivity index (χ1n) is 6.89. The van der Waals surface area contributed by atoms with Gasteiger partial charge in [0.2, 0.25) is 5.91 Å². The summed E-state index contributed by atoms with van der Waals surface area (Å²) in [6, 6.07) is 8.06. The van der Waals surface area contributed by atoms with E-state index in [9.17, 15) is 9.18 Å². The molecule has 0 saturated heterocycles. The fraction of sp³-hybridized carbons (Fsp3) is 0.375. The fourth-order valence-corrected chi connectivity index (χ4v) is 2.05. The molecular weight excluding hydrogens is 255 g/mol. The van der Waals surface area contributed by atoms with E-state index in [1.54, 1.807) is 23.1 Å². The molecule has 0 aliphatic rings. The lowest BCUT2D eigenvalue weighted by Crippen LogP contribution is -2.29. The van der Waals surface area contributed by atoms with E-state index >= 15 is 0 Å². The Morgan fingerprint density at radius 3 is 2.85 bits per heavy atom. The smallest absolute Gasteiger partial charge is 0.228 e. The van der Waals surface area contributed by atoms with Crippen molar-refractivity contribution in [2.45, 2.75) is 26.2 Å². The number of nitrogens with zero attached hydrogens (tertiary/aromatic N) is 2. The number of rotatable bonds is 5. The number of fused-ring (bicyclic) bond motifs is 1. The van der Waals surface area contributed by atoms with Gasteiger partial charge in [-0.25, -0.2) is 4.39 Å². The van der Waals surface area contributed by atoms with E-state index < -0.39 is 0 Å². The van der Waals surface area contributed by atoms with E-state index in [4.69, 9.17) is 0 Å². The molecule has 1 amide bonds. The van der Waals surface area contributed by atoms with E-state index in [1.807, 2.05) is 7.05 Å². The molecule has 20 heavy (non-hydrogen) atoms. The van der Waals surface area contributed by atoms with Crippen LogP contribution in [-0.4, -0.2) is 29.4 Å². The Balaban J connectivity index is 2.09. The van der Waals surface area contributed by atoms with Gasteiger partial charge in [0, 0.05) is 19.0 Å². The zero-order valence-corrected chi connectivity index (χ0v) is 11.9. The number of pyridine rings is 1. The van der Waals surface area contributed by atoms with Gasteiger partial charge in [0.25, 0.3) is 0 Å². The number of likely N-dealkylation sites (N-methyl/N-ethyl adjacent to an activating group) is 1. The van der Waals surface area contributed by atoms with Crippen molar-refractivity contribution >= 4 is 16.8 Å². The van der Waals surface area contributed by atoms with Crippen LogP contribution in [0.25, 0.3) is 10.9 Å². The van der Waals surface area contributed by atoms with Gasteiger partial charge in [-0.05, 0) is 30.7 Å². The van der Waals surface area contributed by atoms with Crippen molar-refractivity contribution < 1.29 is 9.18 Å². The molecule has 0 saturated carbocycles. The summed E-state index contributed by atoms with van der Waals surface area (Å²) in [4.78, 5) is 18.2. The first-order valence-corrected chi connectivity index (χ1v) is 6.89. The minimum absolute atomic E-state index is 0.0624. The molecule has 106 valence electrons. The topological polar surface area (TPSA) is 33.2 Å². The molecule has 0 N–H and O–H groups in total. The van der Waals surface area contributed by atoms with Crippen molar-refractivity contribution in [2.24, 2.45) is 0 Å². The molecule has 0 fully saturated rings. The van der Waals surface area contributed by atoms with E-state index in [-0.39, 0.29) is 18.1 Å². The molecule has 4 heteroatoms. The van der Waals surface area contributed by atoms with Crippen molar-refractivity contribution in [1.82, 2.24) is 9.88 Å². The quantitative estimate of drug-likeness (QED) is 0.839. The number of hydrogen-bond donors (Lipinski definition) is 0. The Morgan fingerprint density at radius 1 is 1.30 bits per heavy atom. The predicted octanol–water partition coefficient (Wildman–Crippen LogP) is 3.17. The van der Waals surface area contributed by atoms with Crippen molar-refractivity contribution in [3.63, 3.8) is 0 Å². The molecule has 0 spiro atoms. The van der Waals surface area contributed by atoms with E-state index in [0.717, 1.165) is 30.5 Å². The van der Waals surface area contributed by atoms with Gasteiger partial charge in [0.15, 0.2) is 0 Å². The summed E-state index contributed by atoms with van der Waals surface area (Å²) in [6.45, 7) is 2.87. The van der Waals surface area contributed by atoms with Gasteiger partial charge in [-0.2, -0.15) is 0 Å². The van der Waals surface area contributed by atoms with Crippen LogP contribution in [0.5, 0.6) is 0 Å². The highest BCUT2D eigenvalue weighted by Crippen LogP contribution is 2.14. The molecule has 0 bridgehead atoms. The summed E-state index contributed by atoms with van der Waals surface area (Å²) >= 11 is 0. The van der Waals surface area contributed by atoms with Crippen LogP contribution in [0.4, 0.5) is 4.39 Å². The third-order valence-electron chi connectivity index (χ3n) is 3.31. The largest absolute Gasteiger partial charge is 0.345 e. The van der Waals surface area contributed by atoms with Gasteiger partial charge in [0.05, 0.1) is 17.6 Å². The van der Waals surface area contributed by atoms with Crippen LogP contribution < -0.4 is 0 Å². The molecule has 2 aromatic rings. The van der Waals surface area contributed by atoms with Crippen LogP contribution in [-0.2, 0) is 11.2 Å². The molecule has 0 atom stereocenters. The van der Waals surface area contributed by atoms with Gasteiger partial charge < -0.3 is 4.90 Å². The van der Waals surface area contributed by atoms with Gasteiger partial charge in [-0.15, -0.1) is 0 Å². The maximum Gasteiger partial charge on any atom is 0.228 e. The number of amides is 1. The van der Waals surface area contributed by atoms with E-state index in [2.05, 4.69) is 11.9 Å². The summed E-state index contributed by atoms with van der Waals surface area (Å²) in [5.41, 5.74) is 1.44. The summed E-state index contributed by atoms with van der Waals surface area (Å²) in [5.74, 6) is -0.213. The standard InChI is InChI=1S/C16H19FN2O/c1-3-4-9-19(2)16(20)11-14-7-5-12-10-13(17)6-8-15(12)18-14/h5-8,10H,3-4,9,11H2,1-2H3. The van der Waals surface area contributed by atoms with Gasteiger partial charge in [0.1, 0.15) is 5.82 Å². The number of benzene rings is 1. The van der Waals surface area contributed by atoms with Crippen molar-refractivity contribution in [3.05, 3.63) is 41.8 Å². The molecule has 1 heterocycles. The molecule has 0 aliphatic carbocycles. The highest BCUT2D eigenvalue weighted by Gasteiger charge is 2.10. The second-order valence-electron chi connectivity index (χ2n) is 4.99. The van der Waals surface area contributed by atoms with Crippen LogP contribution in [0.15, 0.2) is 30.3 Å². The lowest BCUT2D eigenvalue weighted by Gasteiger charge is -2.16. The third-order valence-corrected chi connectivity index (χ3v) is 3.31. The van der Waals surface area contributed by atoms with E-state index in [1.165, 1.54) is 12.1 Å². The minimum atomic E-state index is -0.276. The SMILES string of the molecule is CCCCN(C)C(=O)Cc1ccc2cc(F)ccc2n1. The molecule has 2 rings (SSSR count). The zero-order chi connectivity index (χ0) is 14.5. The lowest BCUT2D eigenvalue weighted by atomic mass is 10.1. The second-order valence-corrected chi connectivity index (χ2v) is 4.99. The summed E-state index contributed by atoms with van der Waals surface area (Å²) in [5, 5.41) is 0.750. The monoisotopic (exact) mass is 274 g/mol. The van der Waals surface area contributed by atoms with Crippen molar-refractivity contribution in [1.29, 1.82) is 0 Å². The Labute approximate surface area is 118 Å². The molecule has 1 aromatic heterocycles. The Bertz CT molecular complexity index is 612. The Kier molecular flexibility index (Phi) is 4.66. The molecular formula is C16H19FN2O. The van der Waals surface area contributed by atoms with Crippen LogP contribution in [0, 0.1) is 5.82 Å². The van der Waals surface area contributed by atoms with Crippen LogP contribution in [0.1, 0.15) is 25.5 Å². The summed E-state index contributed by atoms with van der Waals surface area (Å²) < 4.78 is 13.1. The normalized spacial score (nSPS) is 10.8. The first kappa shape index (κ1) is 14.4. The number of carbonyl (C=O) groups excluding carboxylic acids is 1. The number of aromatic nitrogens is 1. The Morgan fingerprint density at radius 2 is 2.10 bits per heavy atom. The average Bonchev–Trinajstić information content (AvgIpc) is 2.44. The number of hydrogen-bond acceptors (Lipinski definition) is 2. The maximum absolute atomic E-state index is 13.1. The number of carbonyl (C=O) groups is 1. The van der Waals surface area contributed by atoms with Gasteiger partial charge >= 0.3 is 0 Å². The first-order chi connectivity index (χ1) is 9.60. The van der Waals surface area contributed by atoms with Crippen molar-refractivity contribution in [2.75, 3.05) is 13.6 Å². The van der Waals surface area contributed by atoms with Crippen LogP contribution >= 0.6 is 0 Å². The molecule has 0 aliphatic heterocycles. The number of halogens is 1. The molecule has 3 nitrogen and oxygen atoms in total. The highest BCUT2D eigenvalue weighted by molar-refractivity contribution is 5.81. The molecule has 0 unspecified atom stereocenters. The summed E-state index contributed by atoms with van der Waals surface area (Å²) in [7, 11) is 1.81. The van der Waals surface area contributed by atoms with Crippen LogP contribution in [0.3, 0.4) is 0 Å².